The number of hydrogen-bond acceptors (Lipinski definition) is 3. The Labute approximate surface area is 323 Å². The van der Waals surface area contributed by atoms with Gasteiger partial charge < -0.3 is 9.32 Å². The Kier molecular flexibility index (Phi) is 6.10. The van der Waals surface area contributed by atoms with Crippen LogP contribution in [0.25, 0.3) is 75.1 Å². The number of furan rings is 1. The maximum Gasteiger partial charge on any atom is 0.145 e. The van der Waals surface area contributed by atoms with E-state index in [4.69, 9.17) is 4.42 Å². The van der Waals surface area contributed by atoms with E-state index in [1.165, 1.54) is 97.6 Å². The van der Waals surface area contributed by atoms with Crippen LogP contribution in [0.5, 0.6) is 0 Å². The Morgan fingerprint density at radius 2 is 0.945 bits per heavy atom. The molecule has 10 aromatic rings. The van der Waals surface area contributed by atoms with Crippen molar-refractivity contribution in [3.05, 3.63) is 174 Å². The molecule has 0 fully saturated rings. The lowest BCUT2D eigenvalue weighted by Crippen LogP contribution is -2.18. The van der Waals surface area contributed by atoms with Crippen molar-refractivity contribution in [2.75, 3.05) is 4.90 Å². The third-order valence-corrected chi connectivity index (χ3v) is 14.0. The first-order chi connectivity index (χ1) is 26.8. The molecule has 0 unspecified atom stereocenters. The van der Waals surface area contributed by atoms with Gasteiger partial charge in [-0.05, 0) is 92.4 Å². The highest BCUT2D eigenvalue weighted by Gasteiger charge is 2.38. The summed E-state index contributed by atoms with van der Waals surface area (Å²) in [6, 6.07) is 56.4. The Morgan fingerprint density at radius 1 is 0.436 bits per heavy atom. The molecule has 2 nitrogen and oxygen atoms in total. The Morgan fingerprint density at radius 3 is 1.60 bits per heavy atom. The molecule has 0 atom stereocenters. The molecule has 0 spiro atoms. The van der Waals surface area contributed by atoms with E-state index >= 15 is 0 Å². The van der Waals surface area contributed by atoms with Gasteiger partial charge in [-0.3, -0.25) is 0 Å². The Hall–Kier alpha value is -6.16. The topological polar surface area (TPSA) is 16.4 Å². The third-order valence-electron chi connectivity index (χ3n) is 12.8. The second-order valence-corrected chi connectivity index (χ2v) is 17.5. The molecule has 0 aliphatic heterocycles. The molecular formula is C52H37NOS. The number of benzene rings is 8. The van der Waals surface area contributed by atoms with Crippen molar-refractivity contribution in [2.24, 2.45) is 0 Å². The summed E-state index contributed by atoms with van der Waals surface area (Å²) in [5, 5.41) is 7.32. The van der Waals surface area contributed by atoms with Gasteiger partial charge in [-0.1, -0.05) is 137 Å². The zero-order valence-electron chi connectivity index (χ0n) is 31.2. The highest BCUT2D eigenvalue weighted by molar-refractivity contribution is 7.27. The van der Waals surface area contributed by atoms with Crippen LogP contribution >= 0.6 is 11.3 Å². The van der Waals surface area contributed by atoms with Crippen molar-refractivity contribution < 1.29 is 4.42 Å². The summed E-state index contributed by atoms with van der Waals surface area (Å²) in [6.07, 6.45) is 0. The summed E-state index contributed by atoms with van der Waals surface area (Å²) in [5.74, 6) is 0. The number of rotatable bonds is 3. The molecule has 0 radical (unpaired) electrons. The zero-order valence-corrected chi connectivity index (χ0v) is 32.0. The Balaban J connectivity index is 1.11. The van der Waals surface area contributed by atoms with Gasteiger partial charge in [0.1, 0.15) is 11.2 Å². The maximum atomic E-state index is 6.73. The summed E-state index contributed by atoms with van der Waals surface area (Å²) in [4.78, 5) is 2.48. The molecule has 2 aromatic heterocycles. The van der Waals surface area contributed by atoms with E-state index in [0.29, 0.717) is 0 Å². The fraction of sp³-hybridized carbons (Fsp3) is 0.115. The van der Waals surface area contributed by atoms with E-state index in [1.807, 2.05) is 11.3 Å². The van der Waals surface area contributed by atoms with E-state index in [1.54, 1.807) is 0 Å². The fourth-order valence-corrected chi connectivity index (χ4v) is 11.4. The minimum absolute atomic E-state index is 0.108. The molecule has 0 saturated carbocycles. The van der Waals surface area contributed by atoms with Crippen LogP contribution in [-0.4, -0.2) is 0 Å². The molecule has 0 bridgehead atoms. The molecule has 0 amide bonds. The van der Waals surface area contributed by atoms with Crippen LogP contribution in [0.2, 0.25) is 0 Å². The summed E-state index contributed by atoms with van der Waals surface area (Å²) < 4.78 is 9.25. The number of thiophene rings is 1. The summed E-state index contributed by atoms with van der Waals surface area (Å²) in [5.41, 5.74) is 16.0. The lowest BCUT2D eigenvalue weighted by atomic mass is 9.82. The molecule has 2 heterocycles. The van der Waals surface area contributed by atoms with E-state index < -0.39 is 0 Å². The molecule has 2 aliphatic carbocycles. The van der Waals surface area contributed by atoms with Crippen molar-refractivity contribution in [1.82, 2.24) is 0 Å². The predicted molar refractivity (Wildman–Crippen MR) is 234 cm³/mol. The van der Waals surface area contributed by atoms with E-state index in [-0.39, 0.29) is 10.8 Å². The van der Waals surface area contributed by atoms with Gasteiger partial charge in [0, 0.05) is 64.2 Å². The maximum absolute atomic E-state index is 6.73. The monoisotopic (exact) mass is 723 g/mol. The van der Waals surface area contributed by atoms with E-state index in [9.17, 15) is 0 Å². The smallest absolute Gasteiger partial charge is 0.145 e. The second kappa shape index (κ2) is 10.7. The molecule has 3 heteroatoms. The van der Waals surface area contributed by atoms with Crippen molar-refractivity contribution in [2.45, 2.75) is 38.5 Å². The van der Waals surface area contributed by atoms with Gasteiger partial charge in [-0.2, -0.15) is 0 Å². The Bertz CT molecular complexity index is 3180. The van der Waals surface area contributed by atoms with Crippen molar-refractivity contribution in [3.8, 4) is 22.3 Å². The van der Waals surface area contributed by atoms with Gasteiger partial charge in [0.05, 0.1) is 0 Å². The van der Waals surface area contributed by atoms with Crippen LogP contribution in [-0.2, 0) is 10.8 Å². The van der Waals surface area contributed by atoms with Gasteiger partial charge in [0.25, 0.3) is 0 Å². The van der Waals surface area contributed by atoms with Crippen LogP contribution in [0.1, 0.15) is 49.9 Å². The average molecular weight is 724 g/mol. The van der Waals surface area contributed by atoms with Crippen molar-refractivity contribution in [1.29, 1.82) is 0 Å². The molecule has 2 aliphatic rings. The van der Waals surface area contributed by atoms with Gasteiger partial charge in [0.2, 0.25) is 0 Å². The normalized spacial score (nSPS) is 14.8. The predicted octanol–water partition coefficient (Wildman–Crippen LogP) is 15.2. The molecule has 12 rings (SSSR count). The van der Waals surface area contributed by atoms with Gasteiger partial charge in [-0.15, -0.1) is 11.3 Å². The molecule has 0 saturated heterocycles. The average Bonchev–Trinajstić information content (AvgIpc) is 3.91. The third kappa shape index (κ3) is 4.09. The zero-order chi connectivity index (χ0) is 36.8. The van der Waals surface area contributed by atoms with E-state index in [0.717, 1.165) is 16.9 Å². The van der Waals surface area contributed by atoms with Crippen LogP contribution < -0.4 is 4.90 Å². The first-order valence-corrected chi connectivity index (χ1v) is 20.1. The number of fused-ring (bicyclic) bond motifs is 16. The molecular weight excluding hydrogens is 687 g/mol. The second-order valence-electron chi connectivity index (χ2n) is 16.5. The standard InChI is InChI=1S/C52H37NOS/c1-51(2)41-18-10-7-13-33(41)35-24-21-30(27-43(35)51)53(31-22-25-36-34-14-8-11-19-42(34)52(3,4)44(36)28-31)32-23-26-40-46(29-32)55-50-38-16-6-5-15-37(38)47-39-17-9-12-20-45(39)54-49(47)48(40)50/h5-29H,1-4H3. The molecule has 55 heavy (non-hydrogen) atoms. The molecule has 0 N–H and O–H groups in total. The van der Waals surface area contributed by atoms with Gasteiger partial charge in [-0.25, -0.2) is 0 Å². The lowest BCUT2D eigenvalue weighted by Gasteiger charge is -2.29. The minimum atomic E-state index is -0.108. The summed E-state index contributed by atoms with van der Waals surface area (Å²) >= 11 is 1.87. The highest BCUT2D eigenvalue weighted by Crippen LogP contribution is 2.54. The summed E-state index contributed by atoms with van der Waals surface area (Å²) in [7, 11) is 0. The van der Waals surface area contributed by atoms with Crippen LogP contribution in [0.4, 0.5) is 17.1 Å². The first kappa shape index (κ1) is 31.2. The number of nitrogens with zero attached hydrogens (tertiary/aromatic N) is 1. The lowest BCUT2D eigenvalue weighted by molar-refractivity contribution is 0.660. The van der Waals surface area contributed by atoms with Gasteiger partial charge in [0.15, 0.2) is 0 Å². The first-order valence-electron chi connectivity index (χ1n) is 19.3. The van der Waals surface area contributed by atoms with Crippen LogP contribution in [0.15, 0.2) is 156 Å². The van der Waals surface area contributed by atoms with Crippen LogP contribution in [0, 0.1) is 0 Å². The van der Waals surface area contributed by atoms with Crippen molar-refractivity contribution in [3.63, 3.8) is 0 Å². The quantitative estimate of drug-likeness (QED) is 0.180. The van der Waals surface area contributed by atoms with E-state index in [2.05, 4.69) is 184 Å². The molecule has 262 valence electrons. The SMILES string of the molecule is CC1(C)c2ccccc2-c2ccc(N(c3ccc4c(c3)C(C)(C)c3ccccc3-4)c3ccc4c(c3)sc3c5ccccc5c5c6ccccc6oc5c43)cc21. The fourth-order valence-electron chi connectivity index (χ4n) is 10.1. The number of anilines is 3. The highest BCUT2D eigenvalue weighted by atomic mass is 32.1. The largest absolute Gasteiger partial charge is 0.455 e. The van der Waals surface area contributed by atoms with Gasteiger partial charge >= 0.3 is 0 Å². The number of para-hydroxylation sites is 1. The summed E-state index contributed by atoms with van der Waals surface area (Å²) in [6.45, 7) is 9.47. The van der Waals surface area contributed by atoms with Crippen molar-refractivity contribution >= 4 is 81.3 Å². The minimum Gasteiger partial charge on any atom is -0.455 e. The molecule has 8 aromatic carbocycles. The van der Waals surface area contributed by atoms with Crippen LogP contribution in [0.3, 0.4) is 0 Å². The number of hydrogen-bond donors (Lipinski definition) is 0.